The molecule has 3 heteroatoms. The van der Waals surface area contributed by atoms with Crippen LogP contribution in [0.5, 0.6) is 5.75 Å². The Bertz CT molecular complexity index is 1040. The number of hydrogen-bond acceptors (Lipinski definition) is 3. The summed E-state index contributed by atoms with van der Waals surface area (Å²) in [6.07, 6.45) is 1.99. The lowest BCUT2D eigenvalue weighted by Crippen LogP contribution is -2.61. The molecule has 0 bridgehead atoms. The van der Waals surface area contributed by atoms with Crippen molar-refractivity contribution in [3.63, 3.8) is 0 Å². The minimum atomic E-state index is -0.619. The number of aliphatic imine (C=N–C) groups is 1. The molecule has 2 heterocycles. The van der Waals surface area contributed by atoms with Crippen LogP contribution in [0.4, 0.5) is 11.4 Å². The number of ether oxygens (including phenoxy) is 1. The van der Waals surface area contributed by atoms with Crippen molar-refractivity contribution >= 4 is 28.4 Å². The average molecular weight is 391 g/mol. The standard InChI is InChI=1S/C22H20N2O.C2H6.2CH4/c1-21(2)17-10-6-7-11-18(17)24(3)22(21)14-23-20-16-9-5-4-8-15(16)12-13-19(20)25-22;1-2;;/h4-14H,1-3H3;1-2H3;2*1H4. The first-order valence-corrected chi connectivity index (χ1v) is 9.64. The van der Waals surface area contributed by atoms with Gasteiger partial charge in [-0.25, -0.2) is 0 Å². The van der Waals surface area contributed by atoms with Crippen molar-refractivity contribution < 1.29 is 4.74 Å². The van der Waals surface area contributed by atoms with E-state index < -0.39 is 5.72 Å². The van der Waals surface area contributed by atoms with Gasteiger partial charge >= 0.3 is 0 Å². The number of para-hydroxylation sites is 1. The molecular weight excluding hydrogens is 356 g/mol. The minimum Gasteiger partial charge on any atom is -0.459 e. The Morgan fingerprint density at radius 1 is 0.862 bits per heavy atom. The van der Waals surface area contributed by atoms with Crippen molar-refractivity contribution in [1.82, 2.24) is 0 Å². The minimum absolute atomic E-state index is 0. The molecule has 1 atom stereocenters. The molecule has 3 aromatic rings. The number of rotatable bonds is 0. The monoisotopic (exact) mass is 390 g/mol. The Morgan fingerprint density at radius 3 is 2.24 bits per heavy atom. The van der Waals surface area contributed by atoms with Crippen LogP contribution in [0.1, 0.15) is 48.1 Å². The van der Waals surface area contributed by atoms with Crippen molar-refractivity contribution in [1.29, 1.82) is 0 Å². The average Bonchev–Trinajstić information content (AvgIpc) is 2.88. The number of likely N-dealkylation sites (N-methyl/N-ethyl adjacent to an activating group) is 1. The summed E-state index contributed by atoms with van der Waals surface area (Å²) in [6, 6.07) is 21.0. The summed E-state index contributed by atoms with van der Waals surface area (Å²) in [5, 5.41) is 2.31. The number of anilines is 1. The van der Waals surface area contributed by atoms with Crippen LogP contribution < -0.4 is 9.64 Å². The topological polar surface area (TPSA) is 24.8 Å². The zero-order chi connectivity index (χ0) is 19.2. The zero-order valence-electron chi connectivity index (χ0n) is 16.7. The van der Waals surface area contributed by atoms with Gasteiger partial charge in [0.2, 0.25) is 5.72 Å². The molecule has 0 aromatic heterocycles. The lowest BCUT2D eigenvalue weighted by Gasteiger charge is -2.45. The molecule has 0 aliphatic carbocycles. The maximum atomic E-state index is 6.68. The largest absolute Gasteiger partial charge is 0.459 e. The normalized spacial score (nSPS) is 19.8. The molecule has 29 heavy (non-hydrogen) atoms. The van der Waals surface area contributed by atoms with Gasteiger partial charge in [0.1, 0.15) is 11.4 Å². The smallest absolute Gasteiger partial charge is 0.228 e. The molecule has 0 N–H and O–H groups in total. The van der Waals surface area contributed by atoms with Crippen LogP contribution in [0.2, 0.25) is 0 Å². The van der Waals surface area contributed by atoms with Crippen LogP contribution in [0, 0.1) is 0 Å². The van der Waals surface area contributed by atoms with E-state index >= 15 is 0 Å². The summed E-state index contributed by atoms with van der Waals surface area (Å²) in [4.78, 5) is 7.11. The lowest BCUT2D eigenvalue weighted by molar-refractivity contribution is 0.0826. The van der Waals surface area contributed by atoms with Gasteiger partial charge in [0.25, 0.3) is 0 Å². The Labute approximate surface area is 176 Å². The summed E-state index contributed by atoms with van der Waals surface area (Å²) in [5.41, 5.74) is 2.57. The summed E-state index contributed by atoms with van der Waals surface area (Å²) >= 11 is 0. The third kappa shape index (κ3) is 2.91. The van der Waals surface area contributed by atoms with Crippen LogP contribution in [-0.2, 0) is 5.41 Å². The lowest BCUT2D eigenvalue weighted by atomic mass is 9.77. The van der Waals surface area contributed by atoms with E-state index in [2.05, 4.69) is 68.3 Å². The Hall–Kier alpha value is -2.81. The molecule has 3 aromatic carbocycles. The molecule has 1 unspecified atom stereocenters. The first-order valence-electron chi connectivity index (χ1n) is 9.64. The van der Waals surface area contributed by atoms with E-state index in [0.29, 0.717) is 0 Å². The molecule has 3 nitrogen and oxygen atoms in total. The van der Waals surface area contributed by atoms with Crippen LogP contribution in [0.3, 0.4) is 0 Å². The number of fused-ring (bicyclic) bond motifs is 4. The van der Waals surface area contributed by atoms with Crippen LogP contribution in [-0.4, -0.2) is 19.0 Å². The fourth-order valence-electron chi connectivity index (χ4n) is 4.33. The Morgan fingerprint density at radius 2 is 1.52 bits per heavy atom. The quantitative estimate of drug-likeness (QED) is 0.400. The summed E-state index contributed by atoms with van der Waals surface area (Å²) in [6.45, 7) is 8.46. The molecule has 0 saturated heterocycles. The van der Waals surface area contributed by atoms with Crippen molar-refractivity contribution in [3.8, 4) is 5.75 Å². The highest BCUT2D eigenvalue weighted by molar-refractivity contribution is 5.99. The van der Waals surface area contributed by atoms with Gasteiger partial charge in [-0.1, -0.05) is 77.2 Å². The summed E-state index contributed by atoms with van der Waals surface area (Å²) in [7, 11) is 2.09. The van der Waals surface area contributed by atoms with Gasteiger partial charge in [-0.15, -0.1) is 0 Å². The molecule has 0 amide bonds. The van der Waals surface area contributed by atoms with Crippen molar-refractivity contribution in [2.24, 2.45) is 4.99 Å². The molecule has 2 aliphatic rings. The SMILES string of the molecule is C.C.CC.CN1c2ccccc2C(C)(C)C12C=Nc1c(ccc3ccccc13)O2. The second-order valence-electron chi connectivity index (χ2n) is 7.39. The fraction of sp³-hybridized carbons (Fsp3) is 0.346. The number of hydrogen-bond donors (Lipinski definition) is 0. The van der Waals surface area contributed by atoms with E-state index in [-0.39, 0.29) is 20.3 Å². The van der Waals surface area contributed by atoms with Crippen molar-refractivity contribution in [2.75, 3.05) is 11.9 Å². The highest BCUT2D eigenvalue weighted by atomic mass is 16.5. The van der Waals surface area contributed by atoms with E-state index in [1.54, 1.807) is 0 Å². The van der Waals surface area contributed by atoms with E-state index in [1.165, 1.54) is 16.6 Å². The van der Waals surface area contributed by atoms with Gasteiger partial charge in [-0.2, -0.15) is 0 Å². The van der Waals surface area contributed by atoms with Gasteiger partial charge in [-0.3, -0.25) is 4.99 Å². The molecular formula is C26H34N2O. The van der Waals surface area contributed by atoms with Gasteiger partial charge in [0, 0.05) is 18.1 Å². The van der Waals surface area contributed by atoms with E-state index in [1.807, 2.05) is 38.3 Å². The highest BCUT2D eigenvalue weighted by Crippen LogP contribution is 2.53. The van der Waals surface area contributed by atoms with Crippen molar-refractivity contribution in [3.05, 3.63) is 66.2 Å². The van der Waals surface area contributed by atoms with Gasteiger partial charge < -0.3 is 9.64 Å². The second-order valence-corrected chi connectivity index (χ2v) is 7.39. The fourth-order valence-corrected chi connectivity index (χ4v) is 4.33. The number of nitrogens with zero attached hydrogens (tertiary/aromatic N) is 2. The first-order chi connectivity index (χ1) is 13.0. The third-order valence-electron chi connectivity index (χ3n) is 5.83. The second kappa shape index (κ2) is 7.90. The first kappa shape index (κ1) is 22.5. The summed E-state index contributed by atoms with van der Waals surface area (Å²) < 4.78 is 6.68. The van der Waals surface area contributed by atoms with E-state index in [9.17, 15) is 0 Å². The van der Waals surface area contributed by atoms with Gasteiger partial charge in [0.05, 0.1) is 11.6 Å². The maximum Gasteiger partial charge on any atom is 0.228 e. The van der Waals surface area contributed by atoms with Crippen LogP contribution in [0.15, 0.2) is 65.7 Å². The molecule has 154 valence electrons. The third-order valence-corrected chi connectivity index (χ3v) is 5.83. The van der Waals surface area contributed by atoms with E-state index in [4.69, 9.17) is 9.73 Å². The Kier molecular flexibility index (Phi) is 6.13. The molecule has 0 fully saturated rings. The molecule has 0 saturated carbocycles. The van der Waals surface area contributed by atoms with Crippen LogP contribution >= 0.6 is 0 Å². The van der Waals surface area contributed by atoms with Gasteiger partial charge in [0.15, 0.2) is 0 Å². The summed E-state index contributed by atoms with van der Waals surface area (Å²) in [5.74, 6) is 0.842. The highest BCUT2D eigenvalue weighted by Gasteiger charge is 2.58. The zero-order valence-corrected chi connectivity index (χ0v) is 16.7. The van der Waals surface area contributed by atoms with Crippen LogP contribution in [0.25, 0.3) is 10.8 Å². The molecule has 1 spiro atoms. The Balaban J connectivity index is 0.000000729. The molecule has 2 aliphatic heterocycles. The van der Waals surface area contributed by atoms with Gasteiger partial charge in [-0.05, 0) is 36.9 Å². The molecule has 0 radical (unpaired) electrons. The predicted molar refractivity (Wildman–Crippen MR) is 128 cm³/mol. The maximum absolute atomic E-state index is 6.68. The predicted octanol–water partition coefficient (Wildman–Crippen LogP) is 7.36. The molecule has 5 rings (SSSR count). The number of benzene rings is 3. The van der Waals surface area contributed by atoms with Crippen molar-refractivity contribution in [2.45, 2.75) is 53.7 Å². The van der Waals surface area contributed by atoms with E-state index in [0.717, 1.165) is 16.8 Å².